The third-order valence-electron chi connectivity index (χ3n) is 2.50. The lowest BCUT2D eigenvalue weighted by Crippen LogP contribution is -2.00. The van der Waals surface area contributed by atoms with Gasteiger partial charge in [-0.3, -0.25) is 10.1 Å². The first-order chi connectivity index (χ1) is 7.42. The van der Waals surface area contributed by atoms with E-state index in [1.54, 1.807) is 12.4 Å². The number of anilines is 1. The Morgan fingerprint density at radius 1 is 1.27 bits per heavy atom. The van der Waals surface area contributed by atoms with E-state index in [1.807, 2.05) is 18.2 Å². The van der Waals surface area contributed by atoms with Gasteiger partial charge in [0.15, 0.2) is 0 Å². The Morgan fingerprint density at radius 2 is 2.07 bits per heavy atom. The number of aromatic nitrogens is 3. The van der Waals surface area contributed by atoms with Gasteiger partial charge in [-0.15, -0.1) is 0 Å². The molecule has 0 saturated heterocycles. The van der Waals surface area contributed by atoms with Crippen molar-refractivity contribution in [3.8, 4) is 11.3 Å². The highest BCUT2D eigenvalue weighted by atomic mass is 15.2. The summed E-state index contributed by atoms with van der Waals surface area (Å²) < 4.78 is 0. The van der Waals surface area contributed by atoms with E-state index < -0.39 is 0 Å². The molecule has 0 aliphatic heterocycles. The summed E-state index contributed by atoms with van der Waals surface area (Å²) >= 11 is 0. The van der Waals surface area contributed by atoms with Gasteiger partial charge in [0.2, 0.25) is 0 Å². The van der Waals surface area contributed by atoms with E-state index in [0.717, 1.165) is 17.1 Å². The molecule has 2 N–H and O–H groups in total. The maximum atomic E-state index is 4.22. The fourth-order valence-corrected chi connectivity index (χ4v) is 1.51. The summed E-state index contributed by atoms with van der Waals surface area (Å²) in [5.74, 6) is 0.935. The van der Waals surface area contributed by atoms with Crippen LogP contribution in [-0.2, 0) is 0 Å². The summed E-state index contributed by atoms with van der Waals surface area (Å²) in [6.07, 6.45) is 6.09. The molecule has 2 aromatic rings. The van der Waals surface area contributed by atoms with Crippen molar-refractivity contribution in [2.45, 2.75) is 18.9 Å². The molecule has 76 valence electrons. The van der Waals surface area contributed by atoms with Crippen molar-refractivity contribution in [3.63, 3.8) is 0 Å². The van der Waals surface area contributed by atoms with Gasteiger partial charge in [-0.25, -0.2) is 0 Å². The van der Waals surface area contributed by atoms with Crippen LogP contribution in [0.15, 0.2) is 30.6 Å². The van der Waals surface area contributed by atoms with Crippen LogP contribution in [0.4, 0.5) is 5.82 Å². The average molecular weight is 200 g/mol. The number of H-pyrrole nitrogens is 1. The second kappa shape index (κ2) is 3.38. The SMILES string of the molecule is c1cc(-c2cc(NC3CC3)n[nH]2)ccn1. The zero-order valence-electron chi connectivity index (χ0n) is 8.27. The van der Waals surface area contributed by atoms with Gasteiger partial charge in [-0.2, -0.15) is 5.10 Å². The zero-order chi connectivity index (χ0) is 10.1. The first kappa shape index (κ1) is 8.47. The molecule has 1 fully saturated rings. The van der Waals surface area contributed by atoms with Gasteiger partial charge in [0, 0.05) is 30.1 Å². The number of pyridine rings is 1. The van der Waals surface area contributed by atoms with Crippen molar-refractivity contribution >= 4 is 5.82 Å². The molecule has 0 amide bonds. The van der Waals surface area contributed by atoms with Gasteiger partial charge in [0.05, 0.1) is 5.69 Å². The van der Waals surface area contributed by atoms with Gasteiger partial charge in [-0.1, -0.05) is 0 Å². The molecule has 2 heterocycles. The molecule has 0 atom stereocenters. The maximum absolute atomic E-state index is 4.22. The number of rotatable bonds is 3. The largest absolute Gasteiger partial charge is 0.366 e. The lowest BCUT2D eigenvalue weighted by atomic mass is 10.2. The van der Waals surface area contributed by atoms with Crippen molar-refractivity contribution in [1.82, 2.24) is 15.2 Å². The predicted molar refractivity (Wildman–Crippen MR) is 58.5 cm³/mol. The minimum atomic E-state index is 0.638. The fourth-order valence-electron chi connectivity index (χ4n) is 1.51. The van der Waals surface area contributed by atoms with Crippen molar-refractivity contribution in [1.29, 1.82) is 0 Å². The van der Waals surface area contributed by atoms with Crippen LogP contribution in [0, 0.1) is 0 Å². The molecule has 3 rings (SSSR count). The van der Waals surface area contributed by atoms with Crippen LogP contribution in [0.1, 0.15) is 12.8 Å². The lowest BCUT2D eigenvalue weighted by molar-refractivity contribution is 1.05. The topological polar surface area (TPSA) is 53.6 Å². The van der Waals surface area contributed by atoms with Gasteiger partial charge >= 0.3 is 0 Å². The van der Waals surface area contributed by atoms with E-state index in [-0.39, 0.29) is 0 Å². The molecule has 15 heavy (non-hydrogen) atoms. The summed E-state index contributed by atoms with van der Waals surface area (Å²) in [5, 5.41) is 10.6. The molecular formula is C11H12N4. The Labute approximate surface area is 87.7 Å². The number of aromatic amines is 1. The number of nitrogens with one attached hydrogen (secondary N) is 2. The molecule has 0 bridgehead atoms. The van der Waals surface area contributed by atoms with E-state index in [4.69, 9.17) is 0 Å². The van der Waals surface area contributed by atoms with Crippen molar-refractivity contribution < 1.29 is 0 Å². The number of nitrogens with zero attached hydrogens (tertiary/aromatic N) is 2. The molecule has 4 heteroatoms. The van der Waals surface area contributed by atoms with Crippen LogP contribution >= 0.6 is 0 Å². The summed E-state index contributed by atoms with van der Waals surface area (Å²) in [7, 11) is 0. The quantitative estimate of drug-likeness (QED) is 0.797. The number of hydrogen-bond acceptors (Lipinski definition) is 3. The Kier molecular flexibility index (Phi) is 1.91. The molecular weight excluding hydrogens is 188 g/mol. The second-order valence-electron chi connectivity index (χ2n) is 3.82. The van der Waals surface area contributed by atoms with Crippen molar-refractivity contribution in [3.05, 3.63) is 30.6 Å². The average Bonchev–Trinajstić information content (AvgIpc) is 2.96. The molecule has 0 spiro atoms. The van der Waals surface area contributed by atoms with Crippen LogP contribution in [-0.4, -0.2) is 21.2 Å². The van der Waals surface area contributed by atoms with E-state index in [9.17, 15) is 0 Å². The molecule has 0 radical (unpaired) electrons. The summed E-state index contributed by atoms with van der Waals surface area (Å²) in [5.41, 5.74) is 2.14. The molecule has 2 aromatic heterocycles. The molecule has 1 aliphatic rings. The van der Waals surface area contributed by atoms with Crippen LogP contribution in [0.25, 0.3) is 11.3 Å². The third kappa shape index (κ3) is 1.83. The van der Waals surface area contributed by atoms with Crippen molar-refractivity contribution in [2.24, 2.45) is 0 Å². The third-order valence-corrected chi connectivity index (χ3v) is 2.50. The highest BCUT2D eigenvalue weighted by Crippen LogP contribution is 2.25. The summed E-state index contributed by atoms with van der Waals surface area (Å²) in [6, 6.07) is 6.61. The number of hydrogen-bond donors (Lipinski definition) is 2. The smallest absolute Gasteiger partial charge is 0.148 e. The monoisotopic (exact) mass is 200 g/mol. The zero-order valence-corrected chi connectivity index (χ0v) is 8.27. The second-order valence-corrected chi connectivity index (χ2v) is 3.82. The molecule has 0 aromatic carbocycles. The van der Waals surface area contributed by atoms with E-state index in [1.165, 1.54) is 12.8 Å². The Balaban J connectivity index is 1.83. The Hall–Kier alpha value is -1.84. The molecule has 1 aliphatic carbocycles. The van der Waals surface area contributed by atoms with Crippen LogP contribution in [0.2, 0.25) is 0 Å². The van der Waals surface area contributed by atoms with Gasteiger partial charge in [0.1, 0.15) is 5.82 Å². The van der Waals surface area contributed by atoms with E-state index in [2.05, 4.69) is 20.5 Å². The first-order valence-corrected chi connectivity index (χ1v) is 5.14. The van der Waals surface area contributed by atoms with Crippen LogP contribution in [0.3, 0.4) is 0 Å². The van der Waals surface area contributed by atoms with Gasteiger partial charge in [-0.05, 0) is 25.0 Å². The Morgan fingerprint density at radius 3 is 2.80 bits per heavy atom. The summed E-state index contributed by atoms with van der Waals surface area (Å²) in [6.45, 7) is 0. The first-order valence-electron chi connectivity index (χ1n) is 5.14. The molecule has 4 nitrogen and oxygen atoms in total. The van der Waals surface area contributed by atoms with E-state index >= 15 is 0 Å². The van der Waals surface area contributed by atoms with Gasteiger partial charge < -0.3 is 5.32 Å². The van der Waals surface area contributed by atoms with E-state index in [0.29, 0.717) is 6.04 Å². The lowest BCUT2D eigenvalue weighted by Gasteiger charge is -1.96. The minimum Gasteiger partial charge on any atom is -0.366 e. The minimum absolute atomic E-state index is 0.638. The predicted octanol–water partition coefficient (Wildman–Crippen LogP) is 2.05. The Bertz CT molecular complexity index is 445. The maximum Gasteiger partial charge on any atom is 0.148 e. The van der Waals surface area contributed by atoms with Crippen LogP contribution in [0.5, 0.6) is 0 Å². The van der Waals surface area contributed by atoms with Gasteiger partial charge in [0.25, 0.3) is 0 Å². The standard InChI is InChI=1S/C11H12N4/c1-2-9(1)13-11-7-10(14-15-11)8-3-5-12-6-4-8/h3-7,9H,1-2H2,(H2,13,14,15). The fraction of sp³-hybridized carbons (Fsp3) is 0.273. The molecule has 0 unspecified atom stereocenters. The van der Waals surface area contributed by atoms with Crippen molar-refractivity contribution in [2.75, 3.05) is 5.32 Å². The molecule has 1 saturated carbocycles. The van der Waals surface area contributed by atoms with Crippen LogP contribution < -0.4 is 5.32 Å². The summed E-state index contributed by atoms with van der Waals surface area (Å²) in [4.78, 5) is 3.99. The normalized spacial score (nSPS) is 15.2. The highest BCUT2D eigenvalue weighted by molar-refractivity contribution is 5.62. The highest BCUT2D eigenvalue weighted by Gasteiger charge is 2.21.